The van der Waals surface area contributed by atoms with E-state index in [1.165, 1.54) is 13.2 Å². The summed E-state index contributed by atoms with van der Waals surface area (Å²) in [7, 11) is 1.46. The van der Waals surface area contributed by atoms with Gasteiger partial charge in [0, 0.05) is 6.61 Å². The molecule has 20 heavy (non-hydrogen) atoms. The van der Waals surface area contributed by atoms with E-state index in [1.807, 2.05) is 6.07 Å². The standard InChI is InChI=1S/C15H23FN2O2/c1-15(7-3-4-8-20-15)14(18-17)10-11-5-6-13(19-2)12(16)9-11/h5-6,9,14,18H,3-4,7-8,10,17H2,1-2H3. The van der Waals surface area contributed by atoms with E-state index < -0.39 is 0 Å². The average molecular weight is 282 g/mol. The molecule has 1 fully saturated rings. The fraction of sp³-hybridized carbons (Fsp3) is 0.600. The summed E-state index contributed by atoms with van der Waals surface area (Å²) in [6.45, 7) is 2.82. The highest BCUT2D eigenvalue weighted by molar-refractivity contribution is 5.30. The quantitative estimate of drug-likeness (QED) is 0.642. The fourth-order valence-corrected chi connectivity index (χ4v) is 2.75. The summed E-state index contributed by atoms with van der Waals surface area (Å²) in [6.07, 6.45) is 3.80. The molecule has 1 aromatic rings. The summed E-state index contributed by atoms with van der Waals surface area (Å²) in [5.41, 5.74) is 3.40. The maximum Gasteiger partial charge on any atom is 0.165 e. The first-order chi connectivity index (χ1) is 9.59. The Morgan fingerprint density at radius 1 is 1.50 bits per heavy atom. The molecule has 0 amide bonds. The summed E-state index contributed by atoms with van der Waals surface area (Å²) >= 11 is 0. The van der Waals surface area contributed by atoms with Gasteiger partial charge in [-0.15, -0.1) is 0 Å². The molecular formula is C15H23FN2O2. The van der Waals surface area contributed by atoms with Gasteiger partial charge in [-0.2, -0.15) is 0 Å². The summed E-state index contributed by atoms with van der Waals surface area (Å²) in [5.74, 6) is 5.59. The molecule has 1 heterocycles. The van der Waals surface area contributed by atoms with Gasteiger partial charge in [0.25, 0.3) is 0 Å². The van der Waals surface area contributed by atoms with Crippen LogP contribution in [0.4, 0.5) is 4.39 Å². The molecule has 2 unspecified atom stereocenters. The first kappa shape index (κ1) is 15.2. The minimum atomic E-state index is -0.351. The number of hydrazine groups is 1. The molecule has 3 N–H and O–H groups in total. The van der Waals surface area contributed by atoms with Crippen LogP contribution in [0, 0.1) is 5.82 Å². The smallest absolute Gasteiger partial charge is 0.165 e. The van der Waals surface area contributed by atoms with Crippen molar-refractivity contribution >= 4 is 0 Å². The number of hydrogen-bond donors (Lipinski definition) is 2. The summed E-state index contributed by atoms with van der Waals surface area (Å²) in [4.78, 5) is 0. The Morgan fingerprint density at radius 3 is 2.85 bits per heavy atom. The van der Waals surface area contributed by atoms with Crippen LogP contribution in [0.1, 0.15) is 31.7 Å². The third-order valence-corrected chi connectivity index (χ3v) is 4.09. The highest BCUT2D eigenvalue weighted by atomic mass is 19.1. The molecule has 0 radical (unpaired) electrons. The molecule has 1 saturated heterocycles. The monoisotopic (exact) mass is 282 g/mol. The van der Waals surface area contributed by atoms with Crippen LogP contribution in [-0.2, 0) is 11.2 Å². The number of benzene rings is 1. The van der Waals surface area contributed by atoms with Crippen LogP contribution in [0.2, 0.25) is 0 Å². The molecule has 1 aromatic carbocycles. The van der Waals surface area contributed by atoms with E-state index in [-0.39, 0.29) is 23.2 Å². The number of hydrogen-bond acceptors (Lipinski definition) is 4. The van der Waals surface area contributed by atoms with Crippen LogP contribution in [-0.4, -0.2) is 25.4 Å². The first-order valence-electron chi connectivity index (χ1n) is 7.01. The number of ether oxygens (including phenoxy) is 2. The van der Waals surface area contributed by atoms with Gasteiger partial charge in [0.1, 0.15) is 0 Å². The van der Waals surface area contributed by atoms with Gasteiger partial charge in [0.05, 0.1) is 18.8 Å². The Bertz CT molecular complexity index is 447. The van der Waals surface area contributed by atoms with E-state index in [4.69, 9.17) is 15.3 Å². The Labute approximate surface area is 119 Å². The van der Waals surface area contributed by atoms with Gasteiger partial charge in [-0.3, -0.25) is 11.3 Å². The van der Waals surface area contributed by atoms with Gasteiger partial charge in [-0.1, -0.05) is 6.07 Å². The molecule has 2 atom stereocenters. The molecule has 1 aliphatic heterocycles. The third-order valence-electron chi connectivity index (χ3n) is 4.09. The van der Waals surface area contributed by atoms with Crippen molar-refractivity contribution < 1.29 is 13.9 Å². The molecule has 5 heteroatoms. The van der Waals surface area contributed by atoms with Crippen molar-refractivity contribution in [3.63, 3.8) is 0 Å². The van der Waals surface area contributed by atoms with Crippen LogP contribution in [0.15, 0.2) is 18.2 Å². The minimum absolute atomic E-state index is 0.0457. The summed E-state index contributed by atoms with van der Waals surface area (Å²) in [6, 6.07) is 4.95. The largest absolute Gasteiger partial charge is 0.494 e. The van der Waals surface area contributed by atoms with Crippen LogP contribution < -0.4 is 16.0 Å². The molecule has 0 aliphatic carbocycles. The van der Waals surface area contributed by atoms with Gasteiger partial charge < -0.3 is 9.47 Å². The predicted octanol–water partition coefficient (Wildman–Crippen LogP) is 2.17. The van der Waals surface area contributed by atoms with Crippen LogP contribution in [0.5, 0.6) is 5.75 Å². The van der Waals surface area contributed by atoms with Crippen LogP contribution >= 0.6 is 0 Å². The van der Waals surface area contributed by atoms with Crippen molar-refractivity contribution in [3.05, 3.63) is 29.6 Å². The Kier molecular flexibility index (Phi) is 4.96. The number of rotatable bonds is 5. The van der Waals surface area contributed by atoms with Crippen LogP contribution in [0.25, 0.3) is 0 Å². The van der Waals surface area contributed by atoms with E-state index in [0.717, 1.165) is 31.4 Å². The van der Waals surface area contributed by atoms with Crippen molar-refractivity contribution in [2.75, 3.05) is 13.7 Å². The van der Waals surface area contributed by atoms with Gasteiger partial charge >= 0.3 is 0 Å². The SMILES string of the molecule is COc1ccc(CC(NN)C2(C)CCCCO2)cc1F. The summed E-state index contributed by atoms with van der Waals surface area (Å²) in [5, 5.41) is 0. The zero-order chi connectivity index (χ0) is 14.6. The van der Waals surface area contributed by atoms with Crippen molar-refractivity contribution in [3.8, 4) is 5.75 Å². The molecule has 2 rings (SSSR count). The Balaban J connectivity index is 2.11. The number of nitrogens with two attached hydrogens (primary N) is 1. The predicted molar refractivity (Wildman–Crippen MR) is 76.0 cm³/mol. The normalized spacial score (nSPS) is 24.4. The molecular weight excluding hydrogens is 259 g/mol. The zero-order valence-electron chi connectivity index (χ0n) is 12.1. The van der Waals surface area contributed by atoms with Crippen molar-refractivity contribution in [2.45, 2.75) is 44.2 Å². The van der Waals surface area contributed by atoms with Gasteiger partial charge in [-0.05, 0) is 50.3 Å². The van der Waals surface area contributed by atoms with Crippen LogP contribution in [0.3, 0.4) is 0 Å². The molecule has 0 saturated carbocycles. The van der Waals surface area contributed by atoms with E-state index in [9.17, 15) is 4.39 Å². The van der Waals surface area contributed by atoms with E-state index >= 15 is 0 Å². The maximum atomic E-state index is 13.7. The van der Waals surface area contributed by atoms with Gasteiger partial charge in [0.2, 0.25) is 0 Å². The molecule has 0 aromatic heterocycles. The van der Waals surface area contributed by atoms with Crippen molar-refractivity contribution in [2.24, 2.45) is 5.84 Å². The maximum absolute atomic E-state index is 13.7. The zero-order valence-corrected chi connectivity index (χ0v) is 12.1. The Morgan fingerprint density at radius 2 is 2.30 bits per heavy atom. The molecule has 1 aliphatic rings. The molecule has 112 valence electrons. The van der Waals surface area contributed by atoms with Crippen molar-refractivity contribution in [1.29, 1.82) is 0 Å². The second-order valence-corrected chi connectivity index (χ2v) is 5.51. The number of nitrogens with one attached hydrogen (secondary N) is 1. The van der Waals surface area contributed by atoms with E-state index in [2.05, 4.69) is 12.3 Å². The highest BCUT2D eigenvalue weighted by Gasteiger charge is 2.36. The Hall–Kier alpha value is -1.17. The van der Waals surface area contributed by atoms with Crippen molar-refractivity contribution in [1.82, 2.24) is 5.43 Å². The third kappa shape index (κ3) is 3.29. The summed E-state index contributed by atoms with van der Waals surface area (Å²) < 4.78 is 24.6. The molecule has 0 spiro atoms. The topological polar surface area (TPSA) is 56.5 Å². The van der Waals surface area contributed by atoms with Gasteiger partial charge in [0.15, 0.2) is 11.6 Å². The molecule has 4 nitrogen and oxygen atoms in total. The fourth-order valence-electron chi connectivity index (χ4n) is 2.75. The first-order valence-corrected chi connectivity index (χ1v) is 7.01. The second kappa shape index (κ2) is 6.52. The highest BCUT2D eigenvalue weighted by Crippen LogP contribution is 2.30. The number of halogens is 1. The minimum Gasteiger partial charge on any atom is -0.494 e. The molecule has 0 bridgehead atoms. The lowest BCUT2D eigenvalue weighted by atomic mass is 9.85. The van der Waals surface area contributed by atoms with Gasteiger partial charge in [-0.25, -0.2) is 4.39 Å². The lowest BCUT2D eigenvalue weighted by Crippen LogP contribution is -2.55. The lowest BCUT2D eigenvalue weighted by molar-refractivity contribution is -0.0884. The average Bonchev–Trinajstić information content (AvgIpc) is 2.45. The second-order valence-electron chi connectivity index (χ2n) is 5.51. The number of methoxy groups -OCH3 is 1. The lowest BCUT2D eigenvalue weighted by Gasteiger charge is -2.40. The van der Waals surface area contributed by atoms with E-state index in [1.54, 1.807) is 6.07 Å². The van der Waals surface area contributed by atoms with E-state index in [0.29, 0.717) is 6.42 Å².